The SMILES string of the molecule is O=C(/C=C/c1cnc(N[C@]2(CCc3ccccc3)CCCNC2)cn1)NOC1CCCCO1. The Morgan fingerprint density at radius 2 is 2.12 bits per heavy atom. The van der Waals surface area contributed by atoms with E-state index in [1.54, 1.807) is 18.5 Å². The normalized spacial score (nSPS) is 23.3. The molecule has 0 radical (unpaired) electrons. The van der Waals surface area contributed by atoms with Crippen molar-refractivity contribution in [2.24, 2.45) is 0 Å². The van der Waals surface area contributed by atoms with Gasteiger partial charge in [0.25, 0.3) is 5.91 Å². The van der Waals surface area contributed by atoms with Crippen molar-refractivity contribution in [3.8, 4) is 0 Å². The maximum atomic E-state index is 12.0. The molecule has 2 atom stereocenters. The molecule has 1 aromatic carbocycles. The van der Waals surface area contributed by atoms with Gasteiger partial charge in [-0.2, -0.15) is 0 Å². The van der Waals surface area contributed by atoms with Crippen molar-refractivity contribution >= 4 is 17.8 Å². The van der Waals surface area contributed by atoms with Gasteiger partial charge in [-0.25, -0.2) is 15.3 Å². The monoisotopic (exact) mass is 451 g/mol. The molecule has 4 rings (SSSR count). The molecule has 2 saturated heterocycles. The van der Waals surface area contributed by atoms with Crippen LogP contribution in [0.1, 0.15) is 49.8 Å². The van der Waals surface area contributed by atoms with Gasteiger partial charge < -0.3 is 15.4 Å². The van der Waals surface area contributed by atoms with Crippen molar-refractivity contribution < 1.29 is 14.4 Å². The standard InChI is InChI=1S/C25H33N5O3/c31-23(30-33-24-9-4-5-16-32-24)11-10-21-17-28-22(18-27-21)29-25(13-6-15-26-19-25)14-12-20-7-2-1-3-8-20/h1-3,7-8,10-11,17-18,24,26H,4-6,9,12-16,19H2,(H,28,29)(H,30,31)/b11-10+/t24?,25-/m0/s1. The van der Waals surface area contributed by atoms with E-state index in [4.69, 9.17) is 9.57 Å². The Morgan fingerprint density at radius 3 is 2.85 bits per heavy atom. The molecule has 176 valence electrons. The van der Waals surface area contributed by atoms with Crippen LogP contribution >= 0.6 is 0 Å². The molecule has 2 aliphatic heterocycles. The molecule has 3 N–H and O–H groups in total. The molecule has 1 amide bonds. The van der Waals surface area contributed by atoms with Crippen LogP contribution in [0, 0.1) is 0 Å². The van der Waals surface area contributed by atoms with Crippen LogP contribution in [0.5, 0.6) is 0 Å². The van der Waals surface area contributed by atoms with Crippen LogP contribution < -0.4 is 16.1 Å². The number of amides is 1. The van der Waals surface area contributed by atoms with Crippen molar-refractivity contribution in [3.05, 3.63) is 60.1 Å². The van der Waals surface area contributed by atoms with Crippen molar-refractivity contribution in [1.29, 1.82) is 0 Å². The van der Waals surface area contributed by atoms with Gasteiger partial charge >= 0.3 is 0 Å². The van der Waals surface area contributed by atoms with E-state index in [-0.39, 0.29) is 17.7 Å². The van der Waals surface area contributed by atoms with Crippen LogP contribution in [0.25, 0.3) is 6.08 Å². The molecular formula is C25H33N5O3. The average Bonchev–Trinajstić information content (AvgIpc) is 2.88. The molecule has 2 aliphatic rings. The van der Waals surface area contributed by atoms with Gasteiger partial charge in [0, 0.05) is 25.6 Å². The quantitative estimate of drug-likeness (QED) is 0.398. The third kappa shape index (κ3) is 7.35. The fourth-order valence-corrected chi connectivity index (χ4v) is 4.26. The summed E-state index contributed by atoms with van der Waals surface area (Å²) >= 11 is 0. The van der Waals surface area contributed by atoms with Gasteiger partial charge in [0.1, 0.15) is 5.82 Å². The lowest BCUT2D eigenvalue weighted by molar-refractivity contribution is -0.198. The first-order valence-electron chi connectivity index (χ1n) is 11.8. The summed E-state index contributed by atoms with van der Waals surface area (Å²) in [7, 11) is 0. The Morgan fingerprint density at radius 1 is 1.21 bits per heavy atom. The number of hydrogen-bond acceptors (Lipinski definition) is 7. The number of nitrogens with zero attached hydrogens (tertiary/aromatic N) is 2. The molecule has 1 aromatic heterocycles. The fraction of sp³-hybridized carbons (Fsp3) is 0.480. The minimum atomic E-state index is -0.371. The highest BCUT2D eigenvalue weighted by Gasteiger charge is 2.32. The Labute approximate surface area is 195 Å². The summed E-state index contributed by atoms with van der Waals surface area (Å²) in [5.74, 6) is 0.382. The summed E-state index contributed by atoms with van der Waals surface area (Å²) in [5.41, 5.74) is 4.29. The van der Waals surface area contributed by atoms with Crippen molar-refractivity contribution in [2.45, 2.75) is 56.8 Å². The van der Waals surface area contributed by atoms with E-state index in [0.29, 0.717) is 12.3 Å². The Balaban J connectivity index is 1.30. The smallest absolute Gasteiger partial charge is 0.267 e. The van der Waals surface area contributed by atoms with Gasteiger partial charge in [-0.3, -0.25) is 9.78 Å². The Kier molecular flexibility index (Phi) is 8.41. The zero-order chi connectivity index (χ0) is 22.8. The van der Waals surface area contributed by atoms with Gasteiger partial charge in [-0.15, -0.1) is 0 Å². The van der Waals surface area contributed by atoms with E-state index in [1.807, 2.05) is 6.07 Å². The van der Waals surface area contributed by atoms with E-state index in [2.05, 4.69) is 50.3 Å². The van der Waals surface area contributed by atoms with E-state index in [1.165, 1.54) is 11.6 Å². The zero-order valence-electron chi connectivity index (χ0n) is 19.0. The maximum absolute atomic E-state index is 12.0. The number of nitrogens with one attached hydrogen (secondary N) is 3. The first-order valence-corrected chi connectivity index (χ1v) is 11.8. The van der Waals surface area contributed by atoms with Crippen molar-refractivity contribution in [2.75, 3.05) is 25.0 Å². The molecule has 8 heteroatoms. The average molecular weight is 452 g/mol. The number of carbonyl (C=O) groups excluding carboxylic acids is 1. The lowest BCUT2D eigenvalue weighted by atomic mass is 9.84. The third-order valence-corrected chi connectivity index (χ3v) is 6.11. The molecule has 2 fully saturated rings. The number of hydrogen-bond donors (Lipinski definition) is 3. The van der Waals surface area contributed by atoms with Gasteiger partial charge in [0.05, 0.1) is 23.6 Å². The second kappa shape index (κ2) is 11.9. The number of benzene rings is 1. The molecular weight excluding hydrogens is 418 g/mol. The fourth-order valence-electron chi connectivity index (χ4n) is 4.26. The predicted octanol–water partition coefficient (Wildman–Crippen LogP) is 3.23. The summed E-state index contributed by atoms with van der Waals surface area (Å²) < 4.78 is 5.42. The van der Waals surface area contributed by atoms with E-state index in [9.17, 15) is 4.79 Å². The van der Waals surface area contributed by atoms with Gasteiger partial charge in [-0.1, -0.05) is 30.3 Å². The van der Waals surface area contributed by atoms with Crippen LogP contribution in [0.4, 0.5) is 5.82 Å². The Bertz CT molecular complexity index is 892. The highest BCUT2D eigenvalue weighted by Crippen LogP contribution is 2.26. The molecule has 0 saturated carbocycles. The molecule has 1 unspecified atom stereocenters. The molecule has 2 aromatic rings. The molecule has 3 heterocycles. The summed E-state index contributed by atoms with van der Waals surface area (Å²) in [4.78, 5) is 26.2. The van der Waals surface area contributed by atoms with Gasteiger partial charge in [0.2, 0.25) is 0 Å². The first-order chi connectivity index (χ1) is 16.2. The highest BCUT2D eigenvalue weighted by atomic mass is 16.8. The molecule has 0 bridgehead atoms. The number of rotatable bonds is 9. The van der Waals surface area contributed by atoms with Gasteiger partial charge in [0.15, 0.2) is 6.29 Å². The molecule has 0 spiro atoms. The highest BCUT2D eigenvalue weighted by molar-refractivity contribution is 5.90. The first kappa shape index (κ1) is 23.4. The number of aromatic nitrogens is 2. The second-order valence-electron chi connectivity index (χ2n) is 8.71. The second-order valence-corrected chi connectivity index (χ2v) is 8.71. The lowest BCUT2D eigenvalue weighted by Crippen LogP contribution is -2.51. The van der Waals surface area contributed by atoms with E-state index < -0.39 is 0 Å². The van der Waals surface area contributed by atoms with Gasteiger partial charge in [-0.05, 0) is 56.7 Å². The van der Waals surface area contributed by atoms with Crippen LogP contribution in [0.15, 0.2) is 48.8 Å². The molecule has 33 heavy (non-hydrogen) atoms. The van der Waals surface area contributed by atoms with Crippen molar-refractivity contribution in [1.82, 2.24) is 20.8 Å². The summed E-state index contributed by atoms with van der Waals surface area (Å²) in [5, 5.41) is 7.16. The number of piperidine rings is 1. The number of hydroxylamine groups is 1. The predicted molar refractivity (Wildman–Crippen MR) is 127 cm³/mol. The van der Waals surface area contributed by atoms with E-state index >= 15 is 0 Å². The van der Waals surface area contributed by atoms with Crippen molar-refractivity contribution in [3.63, 3.8) is 0 Å². The number of carbonyl (C=O) groups is 1. The minimum Gasteiger partial charge on any atom is -0.362 e. The Hall–Kier alpha value is -2.81. The largest absolute Gasteiger partial charge is 0.362 e. The topological polar surface area (TPSA) is 97.4 Å². The number of aryl methyl sites for hydroxylation is 1. The summed E-state index contributed by atoms with van der Waals surface area (Å²) in [6.45, 7) is 2.60. The van der Waals surface area contributed by atoms with Crippen LogP contribution in [0.3, 0.4) is 0 Å². The van der Waals surface area contributed by atoms with Crippen LogP contribution in [-0.4, -0.2) is 47.4 Å². The zero-order valence-corrected chi connectivity index (χ0v) is 19.0. The third-order valence-electron chi connectivity index (χ3n) is 6.11. The number of ether oxygens (including phenoxy) is 1. The minimum absolute atomic E-state index is 0.0570. The number of anilines is 1. The van der Waals surface area contributed by atoms with E-state index in [0.717, 1.165) is 63.9 Å². The lowest BCUT2D eigenvalue weighted by Gasteiger charge is -2.39. The maximum Gasteiger partial charge on any atom is 0.267 e. The molecule has 0 aliphatic carbocycles. The molecule has 8 nitrogen and oxygen atoms in total. The van der Waals surface area contributed by atoms with Crippen LogP contribution in [-0.2, 0) is 20.8 Å². The van der Waals surface area contributed by atoms with Crippen LogP contribution in [0.2, 0.25) is 0 Å². The summed E-state index contributed by atoms with van der Waals surface area (Å²) in [6, 6.07) is 10.6. The summed E-state index contributed by atoms with van der Waals surface area (Å²) in [6.07, 6.45) is 13.1.